The van der Waals surface area contributed by atoms with Crippen LogP contribution in [0.2, 0.25) is 5.02 Å². The van der Waals surface area contributed by atoms with Crippen molar-refractivity contribution in [2.75, 3.05) is 0 Å². The van der Waals surface area contributed by atoms with Crippen LogP contribution in [0.5, 0.6) is 0 Å². The van der Waals surface area contributed by atoms with Crippen LogP contribution in [-0.4, -0.2) is 11.8 Å². The van der Waals surface area contributed by atoms with Crippen LogP contribution in [0.1, 0.15) is 20.9 Å². The van der Waals surface area contributed by atoms with Gasteiger partial charge in [0, 0.05) is 16.1 Å². The molecule has 3 rings (SSSR count). The van der Waals surface area contributed by atoms with Crippen LogP contribution >= 0.6 is 11.6 Å². The maximum Gasteiger partial charge on any atom is 0.305 e. The summed E-state index contributed by atoms with van der Waals surface area (Å²) in [7, 11) is 0. The van der Waals surface area contributed by atoms with Crippen molar-refractivity contribution in [3.63, 3.8) is 0 Å². The number of rotatable bonds is 3. The molecular weight excluding hydrogens is 347 g/mol. The summed E-state index contributed by atoms with van der Waals surface area (Å²) in [6.07, 6.45) is 0. The van der Waals surface area contributed by atoms with Crippen LogP contribution in [0, 0.1) is 5.82 Å². The number of carbonyl (C=O) groups excluding carboxylic acids is 2. The van der Waals surface area contributed by atoms with Crippen molar-refractivity contribution < 1.29 is 18.4 Å². The van der Waals surface area contributed by atoms with Crippen molar-refractivity contribution in [3.8, 4) is 11.3 Å². The number of carbonyl (C=O) groups is 2. The first kappa shape index (κ1) is 16.7. The average Bonchev–Trinajstić information content (AvgIpc) is 3.11. The molecule has 2 amide bonds. The molecule has 0 radical (unpaired) electrons. The summed E-state index contributed by atoms with van der Waals surface area (Å²) < 4.78 is 18.4. The molecule has 0 fully saturated rings. The van der Waals surface area contributed by atoms with Crippen molar-refractivity contribution in [1.82, 2.24) is 10.9 Å². The zero-order chi connectivity index (χ0) is 17.8. The predicted octanol–water partition coefficient (Wildman–Crippen LogP) is 3.81. The summed E-state index contributed by atoms with van der Waals surface area (Å²) in [6, 6.07) is 14.9. The van der Waals surface area contributed by atoms with Crippen LogP contribution in [-0.2, 0) is 0 Å². The number of hydrogen-bond donors (Lipinski definition) is 2. The summed E-state index contributed by atoms with van der Waals surface area (Å²) in [5.41, 5.74) is 5.52. The smallest absolute Gasteiger partial charge is 0.305 e. The monoisotopic (exact) mass is 358 g/mol. The van der Waals surface area contributed by atoms with Crippen LogP contribution in [0.25, 0.3) is 11.3 Å². The van der Waals surface area contributed by atoms with Crippen LogP contribution in [0.3, 0.4) is 0 Å². The topological polar surface area (TPSA) is 71.3 Å². The molecule has 0 aliphatic heterocycles. The molecule has 1 heterocycles. The molecule has 7 heteroatoms. The Labute approximate surface area is 147 Å². The molecule has 0 saturated carbocycles. The normalized spacial score (nSPS) is 10.3. The average molecular weight is 359 g/mol. The maximum atomic E-state index is 12.9. The highest BCUT2D eigenvalue weighted by Gasteiger charge is 2.14. The standard InChI is InChI=1S/C18H12ClFN2O3/c19-13-5-1-12(2-6-13)17(23)21-22-18(24)16-10-9-15(25-16)11-3-7-14(20)8-4-11/h1-10H,(H,21,23)(H,22,24). The second-order valence-corrected chi connectivity index (χ2v) is 5.52. The molecule has 0 aliphatic rings. The summed E-state index contributed by atoms with van der Waals surface area (Å²) in [4.78, 5) is 23.9. The lowest BCUT2D eigenvalue weighted by Crippen LogP contribution is -2.41. The predicted molar refractivity (Wildman–Crippen MR) is 90.5 cm³/mol. The number of benzene rings is 2. The van der Waals surface area contributed by atoms with Gasteiger partial charge in [-0.05, 0) is 60.7 Å². The number of halogens is 2. The van der Waals surface area contributed by atoms with Crippen molar-refractivity contribution in [1.29, 1.82) is 0 Å². The highest BCUT2D eigenvalue weighted by Crippen LogP contribution is 2.22. The minimum Gasteiger partial charge on any atom is -0.451 e. The van der Waals surface area contributed by atoms with Gasteiger partial charge in [-0.3, -0.25) is 20.4 Å². The van der Waals surface area contributed by atoms with Gasteiger partial charge in [-0.1, -0.05) is 11.6 Å². The Hall–Kier alpha value is -3.12. The molecule has 126 valence electrons. The van der Waals surface area contributed by atoms with E-state index in [0.29, 0.717) is 21.9 Å². The quantitative estimate of drug-likeness (QED) is 0.699. The molecular formula is C18H12ClFN2O3. The van der Waals surface area contributed by atoms with Gasteiger partial charge in [0.25, 0.3) is 5.91 Å². The van der Waals surface area contributed by atoms with Gasteiger partial charge in [0.1, 0.15) is 11.6 Å². The molecule has 1 aromatic heterocycles. The molecule has 3 aromatic rings. The van der Waals surface area contributed by atoms with E-state index in [4.69, 9.17) is 16.0 Å². The van der Waals surface area contributed by atoms with Gasteiger partial charge < -0.3 is 4.42 Å². The summed E-state index contributed by atoms with van der Waals surface area (Å²) in [6.45, 7) is 0. The highest BCUT2D eigenvalue weighted by molar-refractivity contribution is 6.30. The van der Waals surface area contributed by atoms with E-state index in [1.54, 1.807) is 18.2 Å². The van der Waals surface area contributed by atoms with Gasteiger partial charge in [-0.25, -0.2) is 4.39 Å². The van der Waals surface area contributed by atoms with E-state index in [1.165, 1.54) is 42.5 Å². The third kappa shape index (κ3) is 4.05. The van der Waals surface area contributed by atoms with Crippen molar-refractivity contribution in [2.45, 2.75) is 0 Å². The maximum absolute atomic E-state index is 12.9. The lowest BCUT2D eigenvalue weighted by molar-refractivity contribution is 0.0831. The van der Waals surface area contributed by atoms with E-state index < -0.39 is 11.8 Å². The van der Waals surface area contributed by atoms with E-state index >= 15 is 0 Å². The molecule has 0 atom stereocenters. The van der Waals surface area contributed by atoms with Crippen molar-refractivity contribution >= 4 is 23.4 Å². The fraction of sp³-hybridized carbons (Fsp3) is 0. The molecule has 0 saturated heterocycles. The van der Waals surface area contributed by atoms with E-state index in [1.807, 2.05) is 0 Å². The Morgan fingerprint density at radius 3 is 2.16 bits per heavy atom. The number of amides is 2. The Bertz CT molecular complexity index is 905. The van der Waals surface area contributed by atoms with Crippen LogP contribution in [0.4, 0.5) is 4.39 Å². The Morgan fingerprint density at radius 2 is 1.48 bits per heavy atom. The fourth-order valence-corrected chi connectivity index (χ4v) is 2.20. The third-order valence-corrected chi connectivity index (χ3v) is 3.61. The second kappa shape index (κ2) is 7.19. The summed E-state index contributed by atoms with van der Waals surface area (Å²) >= 11 is 5.75. The van der Waals surface area contributed by atoms with E-state index in [-0.39, 0.29) is 11.6 Å². The SMILES string of the molecule is O=C(NNC(=O)c1ccc(-c2ccc(F)cc2)o1)c1ccc(Cl)cc1. The van der Waals surface area contributed by atoms with Crippen LogP contribution < -0.4 is 10.9 Å². The Kier molecular flexibility index (Phi) is 4.81. The first-order valence-corrected chi connectivity index (χ1v) is 7.63. The molecule has 0 unspecified atom stereocenters. The van der Waals surface area contributed by atoms with Crippen LogP contribution in [0.15, 0.2) is 65.1 Å². The molecule has 25 heavy (non-hydrogen) atoms. The summed E-state index contributed by atoms with van der Waals surface area (Å²) in [5.74, 6) is -1.05. The molecule has 2 aromatic carbocycles. The largest absolute Gasteiger partial charge is 0.451 e. The van der Waals surface area contributed by atoms with E-state index in [9.17, 15) is 14.0 Å². The lowest BCUT2D eigenvalue weighted by Gasteiger charge is -2.06. The zero-order valence-corrected chi connectivity index (χ0v) is 13.5. The van der Waals surface area contributed by atoms with Gasteiger partial charge in [-0.15, -0.1) is 0 Å². The molecule has 5 nitrogen and oxygen atoms in total. The zero-order valence-electron chi connectivity index (χ0n) is 12.8. The summed E-state index contributed by atoms with van der Waals surface area (Å²) in [5, 5.41) is 0.504. The first-order valence-electron chi connectivity index (χ1n) is 7.25. The first-order chi connectivity index (χ1) is 12.0. The van der Waals surface area contributed by atoms with E-state index in [0.717, 1.165) is 0 Å². The van der Waals surface area contributed by atoms with Gasteiger partial charge in [0.2, 0.25) is 0 Å². The third-order valence-electron chi connectivity index (χ3n) is 3.35. The van der Waals surface area contributed by atoms with Gasteiger partial charge in [0.15, 0.2) is 5.76 Å². The van der Waals surface area contributed by atoms with Gasteiger partial charge in [-0.2, -0.15) is 0 Å². The lowest BCUT2D eigenvalue weighted by atomic mass is 10.2. The minimum absolute atomic E-state index is 0.00994. The van der Waals surface area contributed by atoms with Gasteiger partial charge in [0.05, 0.1) is 0 Å². The van der Waals surface area contributed by atoms with Crippen molar-refractivity contribution in [2.24, 2.45) is 0 Å². The highest BCUT2D eigenvalue weighted by atomic mass is 35.5. The van der Waals surface area contributed by atoms with Crippen molar-refractivity contribution in [3.05, 3.63) is 82.8 Å². The Balaban J connectivity index is 1.63. The fourth-order valence-electron chi connectivity index (χ4n) is 2.08. The minimum atomic E-state index is -0.615. The van der Waals surface area contributed by atoms with Gasteiger partial charge >= 0.3 is 5.91 Å². The Morgan fingerprint density at radius 1 is 0.840 bits per heavy atom. The number of nitrogens with one attached hydrogen (secondary N) is 2. The molecule has 0 spiro atoms. The van der Waals surface area contributed by atoms with E-state index in [2.05, 4.69) is 10.9 Å². The molecule has 0 aliphatic carbocycles. The number of hydrogen-bond acceptors (Lipinski definition) is 3. The number of hydrazine groups is 1. The molecule has 0 bridgehead atoms. The number of furan rings is 1. The molecule has 2 N–H and O–H groups in total. The second-order valence-electron chi connectivity index (χ2n) is 5.09.